The van der Waals surface area contributed by atoms with Crippen molar-refractivity contribution in [2.45, 2.75) is 19.5 Å². The van der Waals surface area contributed by atoms with Crippen LogP contribution in [0.2, 0.25) is 0 Å². The third-order valence-electron chi connectivity index (χ3n) is 6.43. The van der Waals surface area contributed by atoms with Crippen LogP contribution in [0.5, 0.6) is 0 Å². The molecule has 0 saturated carbocycles. The second-order valence-electron chi connectivity index (χ2n) is 8.79. The summed E-state index contributed by atoms with van der Waals surface area (Å²) in [5, 5.41) is 19.5. The Hall–Kier alpha value is -5.26. The number of carbonyl (C=O) groups is 1. The van der Waals surface area contributed by atoms with Crippen LogP contribution in [0.4, 0.5) is 17.7 Å². The summed E-state index contributed by atoms with van der Waals surface area (Å²) < 4.78 is 5.32. The first kappa shape index (κ1) is 24.4. The zero-order chi connectivity index (χ0) is 26.8. The highest BCUT2D eigenvalue weighted by molar-refractivity contribution is 6.17. The standard InChI is InChI=1S/C26H26N10O2/c27-9-18(10-28)25(37)36-6-5-15-7-14(1-2-17(15)12-36)11-32-24-21(23(30)33-13-34-24)22(29)16-3-4-20-19(8-16)35-26(31)38-20/h1-4,7-10,13,27,29H,5-6,11-12,28H2,(H2,31,35)(H3,30,32,33,34). The van der Waals surface area contributed by atoms with Crippen molar-refractivity contribution < 1.29 is 9.21 Å². The van der Waals surface area contributed by atoms with Crippen molar-refractivity contribution in [3.05, 3.63) is 82.3 Å². The summed E-state index contributed by atoms with van der Waals surface area (Å²) in [6.07, 6.45) is 4.18. The Kier molecular flexibility index (Phi) is 6.44. The van der Waals surface area contributed by atoms with Gasteiger partial charge >= 0.3 is 0 Å². The fourth-order valence-corrected chi connectivity index (χ4v) is 4.46. The number of oxazole rings is 1. The molecule has 5 rings (SSSR count). The van der Waals surface area contributed by atoms with E-state index in [9.17, 15) is 4.79 Å². The summed E-state index contributed by atoms with van der Waals surface area (Å²) in [6, 6.07) is 11.3. The number of hydrogen-bond donors (Lipinski definition) is 6. The molecule has 0 atom stereocenters. The Bertz CT molecular complexity index is 1610. The molecular formula is C26H26N10O2. The van der Waals surface area contributed by atoms with Gasteiger partial charge in [-0.05, 0) is 41.3 Å². The van der Waals surface area contributed by atoms with Gasteiger partial charge in [0, 0.05) is 37.6 Å². The van der Waals surface area contributed by atoms with Crippen LogP contribution in [0, 0.1) is 10.8 Å². The maximum atomic E-state index is 12.5. The number of amides is 1. The highest BCUT2D eigenvalue weighted by Crippen LogP contribution is 2.26. The van der Waals surface area contributed by atoms with E-state index in [0.717, 1.165) is 29.1 Å². The third-order valence-corrected chi connectivity index (χ3v) is 6.43. The first-order valence-electron chi connectivity index (χ1n) is 11.8. The number of rotatable bonds is 7. The maximum Gasteiger partial charge on any atom is 0.292 e. The van der Waals surface area contributed by atoms with Gasteiger partial charge in [-0.15, -0.1) is 0 Å². The highest BCUT2D eigenvalue weighted by Gasteiger charge is 2.23. The van der Waals surface area contributed by atoms with Crippen molar-refractivity contribution in [2.75, 3.05) is 23.3 Å². The summed E-state index contributed by atoms with van der Waals surface area (Å²) in [5.41, 5.74) is 22.8. The molecule has 0 radical (unpaired) electrons. The molecule has 38 heavy (non-hydrogen) atoms. The average molecular weight is 511 g/mol. The maximum absolute atomic E-state index is 12.5. The van der Waals surface area contributed by atoms with E-state index in [4.69, 9.17) is 32.4 Å². The smallest absolute Gasteiger partial charge is 0.292 e. The van der Waals surface area contributed by atoms with E-state index in [1.165, 1.54) is 6.33 Å². The molecule has 0 bridgehead atoms. The Morgan fingerprint density at radius 2 is 2.00 bits per heavy atom. The summed E-state index contributed by atoms with van der Waals surface area (Å²) >= 11 is 0. The van der Waals surface area contributed by atoms with Crippen LogP contribution in [0.15, 0.2) is 58.9 Å². The number of nitrogens with two attached hydrogens (primary N) is 3. The lowest BCUT2D eigenvalue weighted by atomic mass is 9.96. The van der Waals surface area contributed by atoms with E-state index in [1.54, 1.807) is 23.1 Å². The number of benzene rings is 2. The molecule has 3 heterocycles. The second kappa shape index (κ2) is 10.0. The molecule has 192 valence electrons. The van der Waals surface area contributed by atoms with Crippen molar-refractivity contribution in [1.82, 2.24) is 19.9 Å². The van der Waals surface area contributed by atoms with Crippen LogP contribution in [-0.4, -0.2) is 44.2 Å². The Morgan fingerprint density at radius 3 is 2.79 bits per heavy atom. The number of hydrogen-bond acceptors (Lipinski definition) is 11. The Balaban J connectivity index is 1.33. The molecule has 0 fully saturated rings. The van der Waals surface area contributed by atoms with Crippen molar-refractivity contribution in [3.8, 4) is 0 Å². The number of nitrogens with one attached hydrogen (secondary N) is 3. The Labute approximate surface area is 217 Å². The van der Waals surface area contributed by atoms with Gasteiger partial charge in [-0.3, -0.25) is 10.2 Å². The van der Waals surface area contributed by atoms with Crippen LogP contribution in [-0.2, 0) is 24.3 Å². The van der Waals surface area contributed by atoms with Gasteiger partial charge in [0.1, 0.15) is 23.5 Å². The number of aromatic nitrogens is 3. The lowest BCUT2D eigenvalue weighted by Gasteiger charge is -2.29. The van der Waals surface area contributed by atoms with Crippen LogP contribution < -0.4 is 22.5 Å². The number of carbonyl (C=O) groups excluding carboxylic acids is 1. The van der Waals surface area contributed by atoms with E-state index in [-0.39, 0.29) is 29.0 Å². The molecule has 0 unspecified atom stereocenters. The van der Waals surface area contributed by atoms with Gasteiger partial charge in [0.2, 0.25) is 0 Å². The average Bonchev–Trinajstić information content (AvgIpc) is 3.31. The molecule has 9 N–H and O–H groups in total. The van der Waals surface area contributed by atoms with Gasteiger partial charge in [-0.1, -0.05) is 18.2 Å². The molecule has 2 aromatic heterocycles. The fraction of sp³-hybridized carbons (Fsp3) is 0.154. The van der Waals surface area contributed by atoms with Crippen molar-refractivity contribution >= 4 is 46.6 Å². The van der Waals surface area contributed by atoms with Crippen molar-refractivity contribution in [1.29, 1.82) is 10.8 Å². The molecule has 0 aliphatic carbocycles. The van der Waals surface area contributed by atoms with Crippen LogP contribution in [0.25, 0.3) is 11.1 Å². The largest absolute Gasteiger partial charge is 0.424 e. The monoisotopic (exact) mass is 510 g/mol. The van der Waals surface area contributed by atoms with Gasteiger partial charge in [0.15, 0.2) is 5.58 Å². The van der Waals surface area contributed by atoms with Crippen LogP contribution in [0.3, 0.4) is 0 Å². The summed E-state index contributed by atoms with van der Waals surface area (Å²) in [7, 11) is 0. The normalized spacial score (nSPS) is 13.3. The van der Waals surface area contributed by atoms with Gasteiger partial charge in [-0.25, -0.2) is 9.97 Å². The zero-order valence-corrected chi connectivity index (χ0v) is 20.4. The second-order valence-corrected chi connectivity index (χ2v) is 8.79. The number of nitrogen functional groups attached to an aromatic ring is 2. The van der Waals surface area contributed by atoms with Crippen molar-refractivity contribution in [2.24, 2.45) is 5.73 Å². The minimum atomic E-state index is -0.249. The van der Waals surface area contributed by atoms with Gasteiger partial charge < -0.3 is 37.2 Å². The number of nitrogens with zero attached hydrogens (tertiary/aromatic N) is 4. The molecule has 12 heteroatoms. The highest BCUT2D eigenvalue weighted by atomic mass is 16.4. The number of anilines is 3. The molecule has 2 aromatic carbocycles. The van der Waals surface area contributed by atoms with E-state index in [0.29, 0.717) is 54.1 Å². The molecule has 0 spiro atoms. The molecule has 1 amide bonds. The lowest BCUT2D eigenvalue weighted by molar-refractivity contribution is -0.127. The van der Waals surface area contributed by atoms with Gasteiger partial charge in [0.05, 0.1) is 16.8 Å². The van der Waals surface area contributed by atoms with Crippen LogP contribution >= 0.6 is 0 Å². The fourth-order valence-electron chi connectivity index (χ4n) is 4.46. The Morgan fingerprint density at radius 1 is 1.16 bits per heavy atom. The molecule has 1 aliphatic heterocycles. The topological polar surface area (TPSA) is 210 Å². The quantitative estimate of drug-likeness (QED) is 0.159. The van der Waals surface area contributed by atoms with Gasteiger partial charge in [-0.2, -0.15) is 4.98 Å². The van der Waals surface area contributed by atoms with E-state index < -0.39 is 0 Å². The zero-order valence-electron chi connectivity index (χ0n) is 20.4. The van der Waals surface area contributed by atoms with Gasteiger partial charge in [0.25, 0.3) is 11.9 Å². The minimum Gasteiger partial charge on any atom is -0.424 e. The molecule has 12 nitrogen and oxygen atoms in total. The lowest BCUT2D eigenvalue weighted by Crippen LogP contribution is -2.37. The first-order valence-corrected chi connectivity index (χ1v) is 11.8. The first-order chi connectivity index (χ1) is 18.4. The van der Waals surface area contributed by atoms with E-state index in [1.807, 2.05) is 12.1 Å². The van der Waals surface area contributed by atoms with Crippen LogP contribution in [0.1, 0.15) is 27.8 Å². The molecule has 4 aromatic rings. The predicted molar refractivity (Wildman–Crippen MR) is 145 cm³/mol. The summed E-state index contributed by atoms with van der Waals surface area (Å²) in [5.74, 6) is 0.365. The molecule has 1 aliphatic rings. The third kappa shape index (κ3) is 4.62. The SMILES string of the molecule is N=CC(=CN)C(=O)N1CCc2cc(CNc3ncnc(N)c3C(=N)c3ccc4oc(N)nc4c3)ccc2C1. The predicted octanol–water partition coefficient (Wildman–Crippen LogP) is 2.19. The molecule has 0 saturated heterocycles. The van der Waals surface area contributed by atoms with E-state index in [2.05, 4.69) is 26.3 Å². The summed E-state index contributed by atoms with van der Waals surface area (Å²) in [6.45, 7) is 1.44. The number of fused-ring (bicyclic) bond motifs is 2. The van der Waals surface area contributed by atoms with E-state index >= 15 is 0 Å². The molecular weight excluding hydrogens is 484 g/mol. The summed E-state index contributed by atoms with van der Waals surface area (Å²) in [4.78, 5) is 26.8. The van der Waals surface area contributed by atoms with Crippen molar-refractivity contribution in [3.63, 3.8) is 0 Å². The minimum absolute atomic E-state index is 0.0569.